The molecule has 0 aliphatic carbocycles. The number of anilines is 1. The average Bonchev–Trinajstić information content (AvgIpc) is 3.15. The van der Waals surface area contributed by atoms with Crippen LogP contribution in [0.25, 0.3) is 28.0 Å². The minimum absolute atomic E-state index is 0.204. The topological polar surface area (TPSA) is 71.8 Å². The van der Waals surface area contributed by atoms with Crippen LogP contribution in [0.15, 0.2) is 43.1 Å². The number of hydrogen-bond acceptors (Lipinski definition) is 6. The van der Waals surface area contributed by atoms with Gasteiger partial charge in [0.05, 0.1) is 22.5 Å². The van der Waals surface area contributed by atoms with Gasteiger partial charge in [-0.15, -0.1) is 0 Å². The maximum absolute atomic E-state index is 14.0. The van der Waals surface area contributed by atoms with Crippen LogP contribution in [0.3, 0.4) is 0 Å². The van der Waals surface area contributed by atoms with E-state index in [1.165, 1.54) is 18.5 Å². The lowest BCUT2D eigenvalue weighted by Gasteiger charge is -2.38. The minimum atomic E-state index is -0.655. The lowest BCUT2D eigenvalue weighted by atomic mass is 10.1. The van der Waals surface area contributed by atoms with Crippen molar-refractivity contribution in [1.82, 2.24) is 29.8 Å². The second-order valence-corrected chi connectivity index (χ2v) is 8.24. The number of aryl methyl sites for hydroxylation is 1. The van der Waals surface area contributed by atoms with Crippen LogP contribution in [-0.2, 0) is 0 Å². The molecule has 1 aromatic carbocycles. The van der Waals surface area contributed by atoms with E-state index >= 15 is 0 Å². The van der Waals surface area contributed by atoms with E-state index in [2.05, 4.69) is 44.0 Å². The van der Waals surface area contributed by atoms with Crippen LogP contribution >= 0.6 is 0 Å². The Bertz CT molecular complexity index is 1280. The standard InChI is InChI=1S/C23H23F2N7/c1-13-10-31(14(2)9-28-13)22-20-19(21-15(3)26-4-5-27-21)11-32(23(20)30-12-29-22)18-7-16(24)6-17(25)8-18/h4-8,11-14,28H,9-10H2,1-3H3/t13-,14+/m1/s1. The third-order valence-electron chi connectivity index (χ3n) is 5.86. The van der Waals surface area contributed by atoms with Crippen LogP contribution in [0.4, 0.5) is 14.6 Å². The van der Waals surface area contributed by atoms with E-state index in [1.54, 1.807) is 17.0 Å². The van der Waals surface area contributed by atoms with Crippen LogP contribution < -0.4 is 10.2 Å². The largest absolute Gasteiger partial charge is 0.350 e. The van der Waals surface area contributed by atoms with Crippen molar-refractivity contribution in [2.24, 2.45) is 0 Å². The monoisotopic (exact) mass is 435 g/mol. The molecule has 1 aliphatic rings. The van der Waals surface area contributed by atoms with Gasteiger partial charge < -0.3 is 14.8 Å². The third-order valence-corrected chi connectivity index (χ3v) is 5.86. The van der Waals surface area contributed by atoms with Gasteiger partial charge in [-0.1, -0.05) is 0 Å². The van der Waals surface area contributed by atoms with E-state index in [0.717, 1.165) is 41.6 Å². The van der Waals surface area contributed by atoms with Crippen molar-refractivity contribution in [3.63, 3.8) is 0 Å². The molecule has 1 N–H and O–H groups in total. The highest BCUT2D eigenvalue weighted by molar-refractivity contribution is 6.02. The molecule has 4 aromatic rings. The van der Waals surface area contributed by atoms with Gasteiger partial charge in [-0.25, -0.2) is 18.7 Å². The zero-order valence-corrected chi connectivity index (χ0v) is 18.0. The molecule has 0 unspecified atom stereocenters. The highest BCUT2D eigenvalue weighted by Gasteiger charge is 2.28. The number of fused-ring (bicyclic) bond motifs is 1. The van der Waals surface area contributed by atoms with E-state index in [0.29, 0.717) is 17.0 Å². The first-order valence-electron chi connectivity index (χ1n) is 10.5. The molecule has 0 spiro atoms. The second kappa shape index (κ2) is 7.90. The van der Waals surface area contributed by atoms with E-state index in [4.69, 9.17) is 0 Å². The fourth-order valence-corrected chi connectivity index (χ4v) is 4.31. The highest BCUT2D eigenvalue weighted by atomic mass is 19.1. The van der Waals surface area contributed by atoms with Gasteiger partial charge in [0, 0.05) is 55.4 Å². The van der Waals surface area contributed by atoms with Crippen LogP contribution in [0.1, 0.15) is 19.5 Å². The number of aromatic nitrogens is 5. The lowest BCUT2D eigenvalue weighted by Crippen LogP contribution is -2.54. The summed E-state index contributed by atoms with van der Waals surface area (Å²) < 4.78 is 29.8. The van der Waals surface area contributed by atoms with Gasteiger partial charge in [0.15, 0.2) is 5.65 Å². The summed E-state index contributed by atoms with van der Waals surface area (Å²) in [6.45, 7) is 7.74. The molecule has 4 heterocycles. The van der Waals surface area contributed by atoms with Crippen molar-refractivity contribution < 1.29 is 8.78 Å². The number of nitrogens with one attached hydrogen (secondary N) is 1. The zero-order valence-electron chi connectivity index (χ0n) is 18.0. The number of rotatable bonds is 3. The number of halogens is 2. The quantitative estimate of drug-likeness (QED) is 0.530. The Morgan fingerprint density at radius 2 is 1.75 bits per heavy atom. The fourth-order valence-electron chi connectivity index (χ4n) is 4.31. The van der Waals surface area contributed by atoms with Gasteiger partial charge in [-0.3, -0.25) is 9.97 Å². The molecule has 0 amide bonds. The first kappa shape index (κ1) is 20.4. The smallest absolute Gasteiger partial charge is 0.150 e. The first-order valence-corrected chi connectivity index (χ1v) is 10.5. The molecule has 0 bridgehead atoms. The Morgan fingerprint density at radius 3 is 2.50 bits per heavy atom. The van der Waals surface area contributed by atoms with E-state index < -0.39 is 11.6 Å². The number of benzene rings is 1. The Kier molecular flexibility index (Phi) is 5.05. The Labute approximate surface area is 184 Å². The summed E-state index contributed by atoms with van der Waals surface area (Å²) in [7, 11) is 0. The summed E-state index contributed by atoms with van der Waals surface area (Å²) in [6, 6.07) is 3.92. The summed E-state index contributed by atoms with van der Waals surface area (Å²) in [5, 5.41) is 4.26. The van der Waals surface area contributed by atoms with Crippen molar-refractivity contribution in [1.29, 1.82) is 0 Å². The molecular formula is C23H23F2N7. The lowest BCUT2D eigenvalue weighted by molar-refractivity contribution is 0.423. The Balaban J connectivity index is 1.82. The molecule has 32 heavy (non-hydrogen) atoms. The normalized spacial score (nSPS) is 19.0. The van der Waals surface area contributed by atoms with Crippen molar-refractivity contribution in [2.45, 2.75) is 32.9 Å². The molecule has 0 radical (unpaired) electrons. The molecular weight excluding hydrogens is 412 g/mol. The predicted octanol–water partition coefficient (Wildman–Crippen LogP) is 3.65. The van der Waals surface area contributed by atoms with Crippen LogP contribution in [0.2, 0.25) is 0 Å². The maximum Gasteiger partial charge on any atom is 0.150 e. The SMILES string of the molecule is Cc1nccnc1-c1cn(-c2cc(F)cc(F)c2)c2ncnc(N3C[C@@H](C)NC[C@@H]3C)c12. The van der Waals surface area contributed by atoms with Crippen molar-refractivity contribution in [3.05, 3.63) is 60.4 Å². The Hall–Kier alpha value is -3.46. The fraction of sp³-hybridized carbons (Fsp3) is 0.304. The highest BCUT2D eigenvalue weighted by Crippen LogP contribution is 2.37. The molecule has 2 atom stereocenters. The van der Waals surface area contributed by atoms with Gasteiger partial charge in [0.1, 0.15) is 23.8 Å². The van der Waals surface area contributed by atoms with E-state index in [-0.39, 0.29) is 12.1 Å². The predicted molar refractivity (Wildman–Crippen MR) is 119 cm³/mol. The number of hydrogen-bond donors (Lipinski definition) is 1. The molecule has 7 nitrogen and oxygen atoms in total. The molecule has 1 fully saturated rings. The molecule has 3 aromatic heterocycles. The van der Waals surface area contributed by atoms with Crippen molar-refractivity contribution in [2.75, 3.05) is 18.0 Å². The third kappa shape index (κ3) is 3.48. The summed E-state index contributed by atoms with van der Waals surface area (Å²) >= 11 is 0. The van der Waals surface area contributed by atoms with Crippen LogP contribution in [0, 0.1) is 18.6 Å². The zero-order chi connectivity index (χ0) is 22.4. The van der Waals surface area contributed by atoms with Crippen molar-refractivity contribution in [3.8, 4) is 16.9 Å². The van der Waals surface area contributed by atoms with Crippen LogP contribution in [0.5, 0.6) is 0 Å². The molecule has 1 aliphatic heterocycles. The molecule has 0 saturated carbocycles. The van der Waals surface area contributed by atoms with Gasteiger partial charge in [-0.2, -0.15) is 0 Å². The second-order valence-electron chi connectivity index (χ2n) is 8.24. The van der Waals surface area contributed by atoms with Gasteiger partial charge >= 0.3 is 0 Å². The van der Waals surface area contributed by atoms with Crippen LogP contribution in [-0.4, -0.2) is 49.7 Å². The Morgan fingerprint density at radius 1 is 1.00 bits per heavy atom. The molecule has 1 saturated heterocycles. The van der Waals surface area contributed by atoms with E-state index in [9.17, 15) is 8.78 Å². The molecule has 9 heteroatoms. The summed E-state index contributed by atoms with van der Waals surface area (Å²) in [4.78, 5) is 20.3. The summed E-state index contributed by atoms with van der Waals surface area (Å²) in [5.74, 6) is -0.539. The first-order chi connectivity index (χ1) is 15.4. The van der Waals surface area contributed by atoms with Gasteiger partial charge in [0.25, 0.3) is 0 Å². The molecule has 164 valence electrons. The minimum Gasteiger partial charge on any atom is -0.350 e. The van der Waals surface area contributed by atoms with Crippen molar-refractivity contribution >= 4 is 16.9 Å². The summed E-state index contributed by atoms with van der Waals surface area (Å²) in [6.07, 6.45) is 6.57. The summed E-state index contributed by atoms with van der Waals surface area (Å²) in [5.41, 5.74) is 3.09. The number of nitrogens with zero attached hydrogens (tertiary/aromatic N) is 6. The van der Waals surface area contributed by atoms with Gasteiger partial charge in [-0.05, 0) is 32.9 Å². The maximum atomic E-state index is 14.0. The number of piperazine rings is 1. The molecule has 5 rings (SSSR count). The van der Waals surface area contributed by atoms with E-state index in [1.807, 2.05) is 13.1 Å². The average molecular weight is 435 g/mol. The van der Waals surface area contributed by atoms with Gasteiger partial charge in [0.2, 0.25) is 0 Å².